The van der Waals surface area contributed by atoms with E-state index in [1.807, 2.05) is 48.5 Å². The number of esters is 1. The first-order valence-corrected chi connectivity index (χ1v) is 7.08. The topological polar surface area (TPSA) is 64.6 Å². The monoisotopic (exact) mass is 311 g/mol. The molecule has 0 bridgehead atoms. The van der Waals surface area contributed by atoms with Crippen LogP contribution in [0.1, 0.15) is 0 Å². The Morgan fingerprint density at radius 2 is 1.61 bits per heavy atom. The Bertz CT molecular complexity index is 682. The second-order valence-electron chi connectivity index (χ2n) is 4.54. The Kier molecular flexibility index (Phi) is 5.94. The van der Waals surface area contributed by atoms with Crippen LogP contribution in [0.5, 0.6) is 0 Å². The molecule has 0 heterocycles. The van der Waals surface area contributed by atoms with Crippen molar-refractivity contribution in [2.45, 2.75) is 0 Å². The van der Waals surface area contributed by atoms with Crippen LogP contribution in [0.3, 0.4) is 0 Å². The normalized spacial score (nSPS) is 9.74. The molecular weight excluding hydrogens is 294 g/mol. The first kappa shape index (κ1) is 16.3. The third kappa shape index (κ3) is 5.00. The Balaban J connectivity index is 1.94. The number of carbonyl (C=O) groups is 2. The Morgan fingerprint density at radius 1 is 0.957 bits per heavy atom. The van der Waals surface area contributed by atoms with Gasteiger partial charge in [-0.1, -0.05) is 55.1 Å². The van der Waals surface area contributed by atoms with E-state index in [0.29, 0.717) is 5.69 Å². The maximum absolute atomic E-state index is 11.8. The van der Waals surface area contributed by atoms with Gasteiger partial charge in [0.25, 0.3) is 0 Å². The number of amides is 1. The van der Waals surface area contributed by atoms with Crippen molar-refractivity contribution in [3.8, 4) is 11.1 Å². The van der Waals surface area contributed by atoms with Crippen LogP contribution in [0.25, 0.3) is 11.1 Å². The lowest BCUT2D eigenvalue weighted by Gasteiger charge is -2.11. The predicted molar refractivity (Wildman–Crippen MR) is 88.0 cm³/mol. The molecule has 5 nitrogen and oxygen atoms in total. The lowest BCUT2D eigenvalue weighted by atomic mass is 10.0. The number of nitrogens with one attached hydrogen (secondary N) is 1. The van der Waals surface area contributed by atoms with E-state index >= 15 is 0 Å². The van der Waals surface area contributed by atoms with Crippen LogP contribution in [0, 0.1) is 0 Å². The van der Waals surface area contributed by atoms with Gasteiger partial charge in [0.05, 0.1) is 5.69 Å². The van der Waals surface area contributed by atoms with E-state index in [1.165, 1.54) is 0 Å². The maximum Gasteiger partial charge on any atom is 0.411 e. The van der Waals surface area contributed by atoms with E-state index in [1.54, 1.807) is 6.07 Å². The van der Waals surface area contributed by atoms with Crippen LogP contribution >= 0.6 is 0 Å². The van der Waals surface area contributed by atoms with Crippen molar-refractivity contribution in [2.75, 3.05) is 18.5 Å². The van der Waals surface area contributed by atoms with E-state index in [9.17, 15) is 9.59 Å². The lowest BCUT2D eigenvalue weighted by Crippen LogP contribution is -2.18. The molecule has 0 spiro atoms. The molecule has 0 atom stereocenters. The smallest absolute Gasteiger partial charge is 0.411 e. The fraction of sp³-hybridized carbons (Fsp3) is 0.111. The number of benzene rings is 2. The first-order valence-electron chi connectivity index (χ1n) is 7.08. The fourth-order valence-electron chi connectivity index (χ4n) is 1.94. The second-order valence-corrected chi connectivity index (χ2v) is 4.54. The van der Waals surface area contributed by atoms with Crippen LogP contribution < -0.4 is 5.32 Å². The van der Waals surface area contributed by atoms with Gasteiger partial charge in [0.1, 0.15) is 13.2 Å². The fourth-order valence-corrected chi connectivity index (χ4v) is 1.94. The lowest BCUT2D eigenvalue weighted by molar-refractivity contribution is -0.138. The minimum Gasteiger partial charge on any atom is -0.459 e. The van der Waals surface area contributed by atoms with Gasteiger partial charge in [-0.15, -0.1) is 0 Å². The molecule has 1 amide bonds. The summed E-state index contributed by atoms with van der Waals surface area (Å²) in [4.78, 5) is 22.7. The van der Waals surface area contributed by atoms with Gasteiger partial charge in [0, 0.05) is 11.6 Å². The molecule has 2 aromatic carbocycles. The van der Waals surface area contributed by atoms with Gasteiger partial charge in [0.15, 0.2) is 0 Å². The molecule has 118 valence electrons. The first-order chi connectivity index (χ1) is 11.2. The summed E-state index contributed by atoms with van der Waals surface area (Å²) in [5.41, 5.74) is 2.53. The highest BCUT2D eigenvalue weighted by Crippen LogP contribution is 2.27. The molecule has 5 heteroatoms. The molecule has 0 aliphatic carbocycles. The van der Waals surface area contributed by atoms with Gasteiger partial charge < -0.3 is 9.47 Å². The molecule has 0 saturated carbocycles. The summed E-state index contributed by atoms with van der Waals surface area (Å²) < 4.78 is 9.69. The number of hydrogen-bond acceptors (Lipinski definition) is 4. The van der Waals surface area contributed by atoms with Crippen molar-refractivity contribution in [2.24, 2.45) is 0 Å². The summed E-state index contributed by atoms with van der Waals surface area (Å²) in [5.74, 6) is -0.552. The van der Waals surface area contributed by atoms with Crippen molar-refractivity contribution in [1.82, 2.24) is 0 Å². The predicted octanol–water partition coefficient (Wildman–Crippen LogP) is 3.63. The van der Waals surface area contributed by atoms with Crippen LogP contribution in [-0.4, -0.2) is 25.3 Å². The third-order valence-electron chi connectivity index (χ3n) is 2.98. The highest BCUT2D eigenvalue weighted by Gasteiger charge is 2.09. The maximum atomic E-state index is 11.8. The standard InChI is InChI=1S/C18H17NO4/c1-2-17(20)22-12-13-23-18(21)19-16-11-7-6-10-15(16)14-8-4-3-5-9-14/h2-11H,1,12-13H2,(H,19,21). The minimum atomic E-state index is -0.608. The average molecular weight is 311 g/mol. The van der Waals surface area contributed by atoms with Gasteiger partial charge in [-0.25, -0.2) is 9.59 Å². The van der Waals surface area contributed by atoms with E-state index in [4.69, 9.17) is 9.47 Å². The Morgan fingerprint density at radius 3 is 2.35 bits per heavy atom. The van der Waals surface area contributed by atoms with Crippen LogP contribution in [0.15, 0.2) is 67.3 Å². The van der Waals surface area contributed by atoms with Crippen molar-refractivity contribution in [1.29, 1.82) is 0 Å². The number of hydrogen-bond donors (Lipinski definition) is 1. The van der Waals surface area contributed by atoms with E-state index in [2.05, 4.69) is 11.9 Å². The van der Waals surface area contributed by atoms with Gasteiger partial charge in [-0.2, -0.15) is 0 Å². The highest BCUT2D eigenvalue weighted by molar-refractivity contribution is 5.91. The summed E-state index contributed by atoms with van der Waals surface area (Å²) in [6, 6.07) is 17.1. The van der Waals surface area contributed by atoms with E-state index in [0.717, 1.165) is 17.2 Å². The van der Waals surface area contributed by atoms with Gasteiger partial charge in [-0.05, 0) is 11.6 Å². The van der Waals surface area contributed by atoms with Gasteiger partial charge in [-0.3, -0.25) is 5.32 Å². The molecule has 0 saturated heterocycles. The third-order valence-corrected chi connectivity index (χ3v) is 2.98. The van der Waals surface area contributed by atoms with Crippen molar-refractivity contribution in [3.63, 3.8) is 0 Å². The minimum absolute atomic E-state index is 0.0153. The summed E-state index contributed by atoms with van der Waals surface area (Å²) in [5, 5.41) is 2.69. The summed E-state index contributed by atoms with van der Waals surface area (Å²) >= 11 is 0. The molecule has 2 aromatic rings. The average Bonchev–Trinajstić information content (AvgIpc) is 2.59. The number of rotatable bonds is 6. The van der Waals surface area contributed by atoms with E-state index in [-0.39, 0.29) is 13.2 Å². The molecule has 2 rings (SSSR count). The van der Waals surface area contributed by atoms with Gasteiger partial charge >= 0.3 is 12.1 Å². The van der Waals surface area contributed by atoms with Crippen LogP contribution in [-0.2, 0) is 14.3 Å². The zero-order valence-corrected chi connectivity index (χ0v) is 12.5. The SMILES string of the molecule is C=CC(=O)OCCOC(=O)Nc1ccccc1-c1ccccc1. The molecule has 23 heavy (non-hydrogen) atoms. The molecule has 0 aliphatic heterocycles. The quantitative estimate of drug-likeness (QED) is 0.502. The van der Waals surface area contributed by atoms with Crippen molar-refractivity contribution in [3.05, 3.63) is 67.3 Å². The summed E-state index contributed by atoms with van der Waals surface area (Å²) in [6.07, 6.45) is 0.443. The van der Waals surface area contributed by atoms with Crippen LogP contribution in [0.2, 0.25) is 0 Å². The number of para-hydroxylation sites is 1. The molecule has 0 aliphatic rings. The zero-order valence-electron chi connectivity index (χ0n) is 12.5. The van der Waals surface area contributed by atoms with Crippen LogP contribution in [0.4, 0.5) is 10.5 Å². The van der Waals surface area contributed by atoms with Gasteiger partial charge in [0.2, 0.25) is 0 Å². The molecule has 1 N–H and O–H groups in total. The summed E-state index contributed by atoms with van der Waals surface area (Å²) in [6.45, 7) is 3.23. The number of carbonyl (C=O) groups excluding carboxylic acids is 2. The molecule has 0 fully saturated rings. The molecule has 0 radical (unpaired) electrons. The highest BCUT2D eigenvalue weighted by atomic mass is 16.6. The number of ether oxygens (including phenoxy) is 2. The molecular formula is C18H17NO4. The molecule has 0 unspecified atom stereocenters. The van der Waals surface area contributed by atoms with Crippen molar-refractivity contribution >= 4 is 17.7 Å². The Hall–Kier alpha value is -3.08. The zero-order chi connectivity index (χ0) is 16.5. The van der Waals surface area contributed by atoms with Crippen molar-refractivity contribution < 1.29 is 19.1 Å². The largest absolute Gasteiger partial charge is 0.459 e. The number of anilines is 1. The van der Waals surface area contributed by atoms with E-state index < -0.39 is 12.1 Å². The Labute approximate surface area is 134 Å². The summed E-state index contributed by atoms with van der Waals surface area (Å²) in [7, 11) is 0. The molecule has 0 aromatic heterocycles. The second kappa shape index (κ2) is 8.38.